The Labute approximate surface area is 110 Å². The SMILES string of the molecule is CC(=O)c1c(F)cccc1Sc1ccc(C)cc1. The van der Waals surface area contributed by atoms with Crippen LogP contribution >= 0.6 is 11.8 Å². The number of ketones is 1. The second-order valence-corrected chi connectivity index (χ2v) is 5.20. The number of carbonyl (C=O) groups is 1. The molecule has 0 aliphatic heterocycles. The van der Waals surface area contributed by atoms with Crippen LogP contribution in [-0.2, 0) is 0 Å². The van der Waals surface area contributed by atoms with Gasteiger partial charge in [-0.25, -0.2) is 4.39 Å². The average molecular weight is 260 g/mol. The van der Waals surface area contributed by atoms with Gasteiger partial charge in [0.25, 0.3) is 0 Å². The summed E-state index contributed by atoms with van der Waals surface area (Å²) in [5.74, 6) is -0.706. The Bertz CT molecular complexity index is 576. The quantitative estimate of drug-likeness (QED) is 0.756. The van der Waals surface area contributed by atoms with Crippen LogP contribution in [-0.4, -0.2) is 5.78 Å². The second-order valence-electron chi connectivity index (χ2n) is 4.08. The van der Waals surface area contributed by atoms with Gasteiger partial charge in [0, 0.05) is 9.79 Å². The van der Waals surface area contributed by atoms with Crippen molar-refractivity contribution in [3.8, 4) is 0 Å². The van der Waals surface area contributed by atoms with Crippen LogP contribution in [0.4, 0.5) is 4.39 Å². The molecule has 0 aromatic heterocycles. The summed E-state index contributed by atoms with van der Waals surface area (Å²) < 4.78 is 13.6. The fourth-order valence-corrected chi connectivity index (χ4v) is 2.68. The first-order valence-corrected chi connectivity index (χ1v) is 6.43. The van der Waals surface area contributed by atoms with Crippen molar-refractivity contribution < 1.29 is 9.18 Å². The monoisotopic (exact) mass is 260 g/mol. The fraction of sp³-hybridized carbons (Fsp3) is 0.133. The molecule has 0 bridgehead atoms. The predicted octanol–water partition coefficient (Wildman–Crippen LogP) is 4.49. The smallest absolute Gasteiger partial charge is 0.163 e. The third-order valence-electron chi connectivity index (χ3n) is 2.58. The van der Waals surface area contributed by atoms with Crippen molar-refractivity contribution in [3.63, 3.8) is 0 Å². The van der Waals surface area contributed by atoms with Crippen LogP contribution < -0.4 is 0 Å². The van der Waals surface area contributed by atoms with Crippen molar-refractivity contribution in [1.82, 2.24) is 0 Å². The van der Waals surface area contributed by atoms with E-state index in [9.17, 15) is 9.18 Å². The van der Waals surface area contributed by atoms with Crippen molar-refractivity contribution in [3.05, 3.63) is 59.4 Å². The third-order valence-corrected chi connectivity index (χ3v) is 3.64. The standard InChI is InChI=1S/C15H13FOS/c1-10-6-8-12(9-7-10)18-14-5-3-4-13(16)15(14)11(2)17/h3-9H,1-2H3. The molecule has 3 heteroatoms. The Morgan fingerprint density at radius 3 is 2.39 bits per heavy atom. The van der Waals surface area contributed by atoms with E-state index in [1.54, 1.807) is 12.1 Å². The van der Waals surface area contributed by atoms with Crippen LogP contribution in [0.1, 0.15) is 22.8 Å². The van der Waals surface area contributed by atoms with E-state index in [1.807, 2.05) is 31.2 Å². The van der Waals surface area contributed by atoms with Gasteiger partial charge in [-0.05, 0) is 38.1 Å². The summed E-state index contributed by atoms with van der Waals surface area (Å²) in [6.45, 7) is 3.40. The molecule has 0 N–H and O–H groups in total. The van der Waals surface area contributed by atoms with Gasteiger partial charge in [0.2, 0.25) is 0 Å². The van der Waals surface area contributed by atoms with Crippen molar-refractivity contribution in [2.24, 2.45) is 0 Å². The predicted molar refractivity (Wildman–Crippen MR) is 71.7 cm³/mol. The third kappa shape index (κ3) is 2.79. The van der Waals surface area contributed by atoms with E-state index in [-0.39, 0.29) is 11.3 Å². The number of rotatable bonds is 3. The molecule has 2 aromatic carbocycles. The number of benzene rings is 2. The molecule has 0 saturated carbocycles. The molecule has 0 atom stereocenters. The molecular weight excluding hydrogens is 247 g/mol. The zero-order valence-corrected chi connectivity index (χ0v) is 11.1. The molecule has 18 heavy (non-hydrogen) atoms. The van der Waals surface area contributed by atoms with Crippen molar-refractivity contribution in [2.75, 3.05) is 0 Å². The lowest BCUT2D eigenvalue weighted by atomic mass is 10.1. The van der Waals surface area contributed by atoms with Crippen molar-refractivity contribution in [1.29, 1.82) is 0 Å². The van der Waals surface area contributed by atoms with Gasteiger partial charge in [-0.2, -0.15) is 0 Å². The van der Waals surface area contributed by atoms with E-state index in [2.05, 4.69) is 0 Å². The largest absolute Gasteiger partial charge is 0.294 e. The van der Waals surface area contributed by atoms with E-state index in [1.165, 1.54) is 30.3 Å². The molecule has 0 aliphatic carbocycles. The highest BCUT2D eigenvalue weighted by Gasteiger charge is 2.13. The Morgan fingerprint density at radius 1 is 1.11 bits per heavy atom. The van der Waals surface area contributed by atoms with Gasteiger partial charge >= 0.3 is 0 Å². The van der Waals surface area contributed by atoms with Crippen molar-refractivity contribution >= 4 is 17.5 Å². The number of halogens is 1. The average Bonchev–Trinajstić information content (AvgIpc) is 2.32. The minimum Gasteiger partial charge on any atom is -0.294 e. The number of carbonyl (C=O) groups excluding carboxylic acids is 1. The summed E-state index contributed by atoms with van der Waals surface area (Å²) in [5.41, 5.74) is 1.34. The highest BCUT2D eigenvalue weighted by Crippen LogP contribution is 2.32. The Balaban J connectivity index is 2.37. The maximum absolute atomic E-state index is 13.6. The first-order valence-electron chi connectivity index (χ1n) is 5.62. The second kappa shape index (κ2) is 5.36. The molecule has 2 aromatic rings. The maximum Gasteiger partial charge on any atom is 0.163 e. The minimum atomic E-state index is -0.459. The summed E-state index contributed by atoms with van der Waals surface area (Å²) in [4.78, 5) is 13.1. The van der Waals surface area contributed by atoms with E-state index < -0.39 is 5.82 Å². The molecule has 0 unspecified atom stereocenters. The first kappa shape index (κ1) is 12.8. The summed E-state index contributed by atoms with van der Waals surface area (Å²) in [6.07, 6.45) is 0. The van der Waals surface area contributed by atoms with Crippen LogP contribution in [0.15, 0.2) is 52.3 Å². The van der Waals surface area contributed by atoms with E-state index in [0.29, 0.717) is 4.90 Å². The van der Waals surface area contributed by atoms with Gasteiger partial charge in [0.1, 0.15) is 5.82 Å². The topological polar surface area (TPSA) is 17.1 Å². The molecule has 0 saturated heterocycles. The number of hydrogen-bond donors (Lipinski definition) is 0. The lowest BCUT2D eigenvalue weighted by molar-refractivity contribution is 0.101. The van der Waals surface area contributed by atoms with Crippen LogP contribution in [0.25, 0.3) is 0 Å². The zero-order valence-electron chi connectivity index (χ0n) is 10.2. The lowest BCUT2D eigenvalue weighted by Gasteiger charge is -2.07. The van der Waals surface area contributed by atoms with E-state index >= 15 is 0 Å². The summed E-state index contributed by atoms with van der Waals surface area (Å²) >= 11 is 1.40. The first-order chi connectivity index (χ1) is 8.58. The van der Waals surface area contributed by atoms with Crippen LogP contribution in [0.2, 0.25) is 0 Å². The number of Topliss-reactive ketones (excluding diaryl/α,β-unsaturated/α-hetero) is 1. The molecule has 0 fully saturated rings. The summed E-state index contributed by atoms with van der Waals surface area (Å²) in [6, 6.07) is 12.6. The molecule has 0 aliphatic rings. The number of aryl methyl sites for hydroxylation is 1. The molecule has 0 amide bonds. The molecule has 0 radical (unpaired) electrons. The van der Waals surface area contributed by atoms with Crippen molar-refractivity contribution in [2.45, 2.75) is 23.6 Å². The molecule has 0 spiro atoms. The van der Waals surface area contributed by atoms with Crippen LogP contribution in [0, 0.1) is 12.7 Å². The van der Waals surface area contributed by atoms with Gasteiger partial charge in [-0.15, -0.1) is 0 Å². The number of hydrogen-bond acceptors (Lipinski definition) is 2. The highest BCUT2D eigenvalue weighted by atomic mass is 32.2. The Morgan fingerprint density at radius 2 is 1.78 bits per heavy atom. The maximum atomic E-state index is 13.6. The minimum absolute atomic E-state index is 0.170. The van der Waals surface area contributed by atoms with Gasteiger partial charge in [0.05, 0.1) is 5.56 Å². The Hall–Kier alpha value is -1.61. The lowest BCUT2D eigenvalue weighted by Crippen LogP contribution is -1.99. The van der Waals surface area contributed by atoms with Gasteiger partial charge in [-0.3, -0.25) is 4.79 Å². The normalized spacial score (nSPS) is 10.4. The van der Waals surface area contributed by atoms with E-state index in [0.717, 1.165) is 4.90 Å². The summed E-state index contributed by atoms with van der Waals surface area (Å²) in [5, 5.41) is 0. The highest BCUT2D eigenvalue weighted by molar-refractivity contribution is 7.99. The summed E-state index contributed by atoms with van der Waals surface area (Å²) in [7, 11) is 0. The molecular formula is C15H13FOS. The van der Waals surface area contributed by atoms with E-state index in [4.69, 9.17) is 0 Å². The molecule has 2 rings (SSSR count). The molecule has 92 valence electrons. The zero-order chi connectivity index (χ0) is 13.1. The molecule has 0 heterocycles. The Kier molecular flexibility index (Phi) is 3.82. The van der Waals surface area contributed by atoms with Crippen LogP contribution in [0.5, 0.6) is 0 Å². The molecule has 1 nitrogen and oxygen atoms in total. The van der Waals surface area contributed by atoms with Gasteiger partial charge in [0.15, 0.2) is 5.78 Å². The van der Waals surface area contributed by atoms with Crippen LogP contribution in [0.3, 0.4) is 0 Å². The van der Waals surface area contributed by atoms with Gasteiger partial charge < -0.3 is 0 Å². The fourth-order valence-electron chi connectivity index (χ4n) is 1.66. The van der Waals surface area contributed by atoms with Gasteiger partial charge in [-0.1, -0.05) is 35.5 Å².